The van der Waals surface area contributed by atoms with Crippen LogP contribution in [0.25, 0.3) is 0 Å². The molecule has 1 aliphatic rings. The van der Waals surface area contributed by atoms with Gasteiger partial charge in [0.05, 0.1) is 0 Å². The standard InChI is InChI=1S/C18H24N4/c1-14-6-3-7-16(15(14)2)12-19-17-8-5-11-22(13-17)18-9-4-10-20-21-18/h3-4,6-7,9-10,17,19H,5,8,11-13H2,1-2H3/t17-/m1/s1. The van der Waals surface area contributed by atoms with Gasteiger partial charge in [0.2, 0.25) is 0 Å². The van der Waals surface area contributed by atoms with Crippen LogP contribution in [0.5, 0.6) is 0 Å². The molecule has 0 bridgehead atoms. The van der Waals surface area contributed by atoms with E-state index in [1.807, 2.05) is 12.1 Å². The quantitative estimate of drug-likeness (QED) is 0.942. The largest absolute Gasteiger partial charge is 0.354 e. The molecule has 4 nitrogen and oxygen atoms in total. The molecule has 0 spiro atoms. The van der Waals surface area contributed by atoms with Gasteiger partial charge < -0.3 is 10.2 Å². The summed E-state index contributed by atoms with van der Waals surface area (Å²) in [5.41, 5.74) is 4.16. The molecule has 3 rings (SSSR count). The maximum atomic E-state index is 4.23. The Balaban J connectivity index is 1.60. The van der Waals surface area contributed by atoms with Crippen molar-refractivity contribution in [1.29, 1.82) is 0 Å². The molecule has 0 amide bonds. The number of aryl methyl sites for hydroxylation is 1. The summed E-state index contributed by atoms with van der Waals surface area (Å²) in [5, 5.41) is 11.9. The van der Waals surface area contributed by atoms with Crippen LogP contribution in [-0.4, -0.2) is 29.3 Å². The highest BCUT2D eigenvalue weighted by Crippen LogP contribution is 2.18. The van der Waals surface area contributed by atoms with Crippen molar-refractivity contribution in [2.45, 2.75) is 39.3 Å². The van der Waals surface area contributed by atoms with E-state index in [2.05, 4.69) is 52.5 Å². The van der Waals surface area contributed by atoms with Crippen LogP contribution >= 0.6 is 0 Å². The lowest BCUT2D eigenvalue weighted by molar-refractivity contribution is 0.419. The fourth-order valence-corrected chi connectivity index (χ4v) is 3.07. The van der Waals surface area contributed by atoms with Gasteiger partial charge in [-0.3, -0.25) is 0 Å². The van der Waals surface area contributed by atoms with Crippen LogP contribution in [0.3, 0.4) is 0 Å². The Morgan fingerprint density at radius 2 is 2.14 bits per heavy atom. The van der Waals surface area contributed by atoms with Crippen molar-refractivity contribution < 1.29 is 0 Å². The number of rotatable bonds is 4. The molecule has 1 aromatic heterocycles. The third-order valence-corrected chi connectivity index (χ3v) is 4.60. The summed E-state index contributed by atoms with van der Waals surface area (Å²) in [5.74, 6) is 0.987. The second-order valence-corrected chi connectivity index (χ2v) is 6.11. The number of benzene rings is 1. The highest BCUT2D eigenvalue weighted by molar-refractivity contribution is 5.37. The van der Waals surface area contributed by atoms with E-state index in [4.69, 9.17) is 0 Å². The molecular weight excluding hydrogens is 272 g/mol. The maximum Gasteiger partial charge on any atom is 0.151 e. The summed E-state index contributed by atoms with van der Waals surface area (Å²) in [6.45, 7) is 7.39. The molecule has 0 saturated carbocycles. The van der Waals surface area contributed by atoms with Crippen molar-refractivity contribution in [2.75, 3.05) is 18.0 Å². The molecule has 2 aromatic rings. The number of hydrogen-bond acceptors (Lipinski definition) is 4. The zero-order valence-electron chi connectivity index (χ0n) is 13.4. The second kappa shape index (κ2) is 6.88. The molecular formula is C18H24N4. The van der Waals surface area contributed by atoms with E-state index in [1.54, 1.807) is 6.20 Å². The van der Waals surface area contributed by atoms with E-state index in [0.29, 0.717) is 6.04 Å². The van der Waals surface area contributed by atoms with Gasteiger partial charge in [-0.05, 0) is 55.5 Å². The summed E-state index contributed by atoms with van der Waals surface area (Å²) in [7, 11) is 0. The Hall–Kier alpha value is -1.94. The number of hydrogen-bond donors (Lipinski definition) is 1. The molecule has 1 aliphatic heterocycles. The summed E-state index contributed by atoms with van der Waals surface area (Å²) in [4.78, 5) is 2.33. The van der Waals surface area contributed by atoms with E-state index < -0.39 is 0 Å². The Morgan fingerprint density at radius 1 is 1.23 bits per heavy atom. The van der Waals surface area contributed by atoms with Gasteiger partial charge in [-0.1, -0.05) is 18.2 Å². The Kier molecular flexibility index (Phi) is 4.68. The molecule has 1 aromatic carbocycles. The average Bonchev–Trinajstić information content (AvgIpc) is 2.57. The first-order valence-electron chi connectivity index (χ1n) is 8.05. The number of anilines is 1. The van der Waals surface area contributed by atoms with Gasteiger partial charge in [-0.15, -0.1) is 5.10 Å². The molecule has 1 N–H and O–H groups in total. The minimum atomic E-state index is 0.510. The van der Waals surface area contributed by atoms with Gasteiger partial charge in [0.1, 0.15) is 0 Å². The molecule has 22 heavy (non-hydrogen) atoms. The van der Waals surface area contributed by atoms with Crippen molar-refractivity contribution in [1.82, 2.24) is 15.5 Å². The Morgan fingerprint density at radius 3 is 2.95 bits per heavy atom. The third kappa shape index (κ3) is 3.45. The maximum absolute atomic E-state index is 4.23. The minimum absolute atomic E-state index is 0.510. The first-order valence-corrected chi connectivity index (χ1v) is 8.05. The number of aromatic nitrogens is 2. The van der Waals surface area contributed by atoms with E-state index in [0.717, 1.165) is 25.5 Å². The molecule has 4 heteroatoms. The molecule has 2 heterocycles. The van der Waals surface area contributed by atoms with E-state index in [1.165, 1.54) is 29.5 Å². The summed E-state index contributed by atoms with van der Waals surface area (Å²) in [6, 6.07) is 11.0. The van der Waals surface area contributed by atoms with Crippen LogP contribution in [0.1, 0.15) is 29.5 Å². The predicted molar refractivity (Wildman–Crippen MR) is 90.0 cm³/mol. The summed E-state index contributed by atoms with van der Waals surface area (Å²) < 4.78 is 0. The van der Waals surface area contributed by atoms with E-state index in [9.17, 15) is 0 Å². The lowest BCUT2D eigenvalue weighted by atomic mass is 10.0. The number of nitrogens with zero attached hydrogens (tertiary/aromatic N) is 3. The van der Waals surface area contributed by atoms with E-state index in [-0.39, 0.29) is 0 Å². The van der Waals surface area contributed by atoms with Crippen LogP contribution in [0.2, 0.25) is 0 Å². The number of nitrogens with one attached hydrogen (secondary N) is 1. The molecule has 1 atom stereocenters. The smallest absolute Gasteiger partial charge is 0.151 e. The monoisotopic (exact) mass is 296 g/mol. The Bertz CT molecular complexity index is 612. The molecule has 0 unspecified atom stereocenters. The normalized spacial score (nSPS) is 18.5. The zero-order chi connectivity index (χ0) is 15.4. The van der Waals surface area contributed by atoms with Crippen LogP contribution in [0, 0.1) is 13.8 Å². The molecule has 0 aliphatic carbocycles. The van der Waals surface area contributed by atoms with Crippen LogP contribution in [0.4, 0.5) is 5.82 Å². The third-order valence-electron chi connectivity index (χ3n) is 4.60. The predicted octanol–water partition coefficient (Wildman–Crippen LogP) is 2.85. The topological polar surface area (TPSA) is 41.0 Å². The van der Waals surface area contributed by atoms with Gasteiger partial charge in [0.15, 0.2) is 5.82 Å². The fourth-order valence-electron chi connectivity index (χ4n) is 3.07. The lowest BCUT2D eigenvalue weighted by Gasteiger charge is -2.34. The fraction of sp³-hybridized carbons (Fsp3) is 0.444. The van der Waals surface area contributed by atoms with Crippen LogP contribution in [-0.2, 0) is 6.54 Å². The zero-order valence-corrected chi connectivity index (χ0v) is 13.4. The van der Waals surface area contributed by atoms with Crippen molar-refractivity contribution >= 4 is 5.82 Å². The second-order valence-electron chi connectivity index (χ2n) is 6.11. The van der Waals surface area contributed by atoms with Crippen molar-refractivity contribution in [3.63, 3.8) is 0 Å². The van der Waals surface area contributed by atoms with Gasteiger partial charge >= 0.3 is 0 Å². The van der Waals surface area contributed by atoms with Crippen LogP contribution < -0.4 is 10.2 Å². The number of piperidine rings is 1. The van der Waals surface area contributed by atoms with Crippen molar-refractivity contribution in [3.8, 4) is 0 Å². The molecule has 116 valence electrons. The highest BCUT2D eigenvalue weighted by atomic mass is 15.3. The first kappa shape index (κ1) is 15.0. The van der Waals surface area contributed by atoms with E-state index >= 15 is 0 Å². The van der Waals surface area contributed by atoms with Gasteiger partial charge in [0.25, 0.3) is 0 Å². The minimum Gasteiger partial charge on any atom is -0.354 e. The van der Waals surface area contributed by atoms with Gasteiger partial charge in [-0.2, -0.15) is 5.10 Å². The summed E-state index contributed by atoms with van der Waals surface area (Å²) in [6.07, 6.45) is 4.15. The van der Waals surface area contributed by atoms with Crippen LogP contribution in [0.15, 0.2) is 36.5 Å². The summed E-state index contributed by atoms with van der Waals surface area (Å²) >= 11 is 0. The van der Waals surface area contributed by atoms with Crippen molar-refractivity contribution in [2.24, 2.45) is 0 Å². The molecule has 0 radical (unpaired) electrons. The van der Waals surface area contributed by atoms with Crippen molar-refractivity contribution in [3.05, 3.63) is 53.2 Å². The highest BCUT2D eigenvalue weighted by Gasteiger charge is 2.20. The SMILES string of the molecule is Cc1cccc(CN[C@@H]2CCCN(c3cccnn3)C2)c1C. The average molecular weight is 296 g/mol. The molecule has 1 fully saturated rings. The molecule has 1 saturated heterocycles. The van der Waals surface area contributed by atoms with Gasteiger partial charge in [0, 0.05) is 31.9 Å². The first-order chi connectivity index (χ1) is 10.7. The van der Waals surface area contributed by atoms with Gasteiger partial charge in [-0.25, -0.2) is 0 Å². The lowest BCUT2D eigenvalue weighted by Crippen LogP contribution is -2.45. The Labute approximate surface area is 132 Å².